The number of nitrogens with zero attached hydrogens (tertiary/aromatic N) is 1. The van der Waals surface area contributed by atoms with Crippen LogP contribution in [0, 0.1) is 0 Å². The fraction of sp³-hybridized carbons (Fsp3) is 0.208. The van der Waals surface area contributed by atoms with Crippen molar-refractivity contribution in [1.82, 2.24) is 5.32 Å². The molecule has 0 aliphatic rings. The van der Waals surface area contributed by atoms with E-state index in [1.165, 1.54) is 30.6 Å². The third-order valence-corrected chi connectivity index (χ3v) is 6.95. The standard InChI is InChI=1S/C24H26N2O4S/c1-18(19-7-5-4-6-8-19)17-25-24(27)20-9-11-21(12-10-20)26(2)31(28,29)23-15-13-22(30-3)14-16-23/h4-16,18H,17H2,1-3H3,(H,25,27)/t18-/m0/s1. The summed E-state index contributed by atoms with van der Waals surface area (Å²) in [6, 6.07) is 22.7. The Morgan fingerprint density at radius 3 is 2.16 bits per heavy atom. The molecule has 162 valence electrons. The zero-order chi connectivity index (χ0) is 22.4. The monoisotopic (exact) mass is 438 g/mol. The van der Waals surface area contributed by atoms with Crippen LogP contribution in [0.5, 0.6) is 5.75 Å². The van der Waals surface area contributed by atoms with Gasteiger partial charge in [-0.25, -0.2) is 8.42 Å². The normalized spacial score (nSPS) is 12.1. The summed E-state index contributed by atoms with van der Waals surface area (Å²) < 4.78 is 32.0. The molecule has 0 spiro atoms. The Morgan fingerprint density at radius 2 is 1.58 bits per heavy atom. The molecule has 0 saturated heterocycles. The Morgan fingerprint density at radius 1 is 0.968 bits per heavy atom. The summed E-state index contributed by atoms with van der Waals surface area (Å²) in [6.07, 6.45) is 0. The number of methoxy groups -OCH3 is 1. The Kier molecular flexibility index (Phi) is 6.97. The van der Waals surface area contributed by atoms with Crippen molar-refractivity contribution in [1.29, 1.82) is 0 Å². The van der Waals surface area contributed by atoms with Gasteiger partial charge in [-0.1, -0.05) is 37.3 Å². The van der Waals surface area contributed by atoms with E-state index < -0.39 is 10.0 Å². The number of carbonyl (C=O) groups is 1. The van der Waals surface area contributed by atoms with Crippen LogP contribution in [0.25, 0.3) is 0 Å². The van der Waals surface area contributed by atoms with Crippen LogP contribution >= 0.6 is 0 Å². The Labute approximate surface area is 183 Å². The van der Waals surface area contributed by atoms with Gasteiger partial charge < -0.3 is 10.1 Å². The van der Waals surface area contributed by atoms with E-state index in [9.17, 15) is 13.2 Å². The summed E-state index contributed by atoms with van der Waals surface area (Å²) in [7, 11) is -0.719. The van der Waals surface area contributed by atoms with Crippen LogP contribution in [-0.4, -0.2) is 35.0 Å². The third-order valence-electron chi connectivity index (χ3n) is 5.15. The van der Waals surface area contributed by atoms with Gasteiger partial charge in [0, 0.05) is 19.2 Å². The molecule has 0 bridgehead atoms. The molecule has 3 aromatic carbocycles. The predicted molar refractivity (Wildman–Crippen MR) is 122 cm³/mol. The number of carbonyl (C=O) groups excluding carboxylic acids is 1. The highest BCUT2D eigenvalue weighted by atomic mass is 32.2. The smallest absolute Gasteiger partial charge is 0.264 e. The molecule has 1 amide bonds. The molecule has 0 radical (unpaired) electrons. The van der Waals surface area contributed by atoms with Gasteiger partial charge in [0.2, 0.25) is 0 Å². The molecule has 3 rings (SSSR count). The number of rotatable bonds is 8. The minimum atomic E-state index is -3.72. The van der Waals surface area contributed by atoms with Gasteiger partial charge in [-0.2, -0.15) is 0 Å². The molecule has 0 heterocycles. The number of sulfonamides is 1. The predicted octanol–water partition coefficient (Wildman–Crippen LogP) is 4.05. The highest BCUT2D eigenvalue weighted by molar-refractivity contribution is 7.92. The largest absolute Gasteiger partial charge is 0.497 e. The van der Waals surface area contributed by atoms with Crippen LogP contribution in [0.4, 0.5) is 5.69 Å². The minimum absolute atomic E-state index is 0.160. The molecular weight excluding hydrogens is 412 g/mol. The van der Waals surface area contributed by atoms with Crippen molar-refractivity contribution in [3.8, 4) is 5.75 Å². The molecule has 1 N–H and O–H groups in total. The quantitative estimate of drug-likeness (QED) is 0.576. The van der Waals surface area contributed by atoms with Gasteiger partial charge in [0.1, 0.15) is 5.75 Å². The van der Waals surface area contributed by atoms with E-state index in [0.29, 0.717) is 23.5 Å². The van der Waals surface area contributed by atoms with E-state index in [-0.39, 0.29) is 16.7 Å². The van der Waals surface area contributed by atoms with Crippen LogP contribution < -0.4 is 14.4 Å². The van der Waals surface area contributed by atoms with Crippen molar-refractivity contribution in [2.75, 3.05) is 25.0 Å². The first-order valence-corrected chi connectivity index (χ1v) is 11.3. The van der Waals surface area contributed by atoms with Crippen LogP contribution in [-0.2, 0) is 10.0 Å². The van der Waals surface area contributed by atoms with Gasteiger partial charge in [0.25, 0.3) is 15.9 Å². The summed E-state index contributed by atoms with van der Waals surface area (Å²) in [6.45, 7) is 2.56. The Balaban J connectivity index is 1.66. The van der Waals surface area contributed by atoms with Gasteiger partial charge in [-0.05, 0) is 60.0 Å². The lowest BCUT2D eigenvalue weighted by Crippen LogP contribution is -2.28. The number of ether oxygens (including phenoxy) is 1. The summed E-state index contributed by atoms with van der Waals surface area (Å²) in [4.78, 5) is 12.6. The first-order chi connectivity index (χ1) is 14.8. The van der Waals surface area contributed by atoms with E-state index in [2.05, 4.69) is 12.2 Å². The fourth-order valence-electron chi connectivity index (χ4n) is 3.11. The molecule has 3 aromatic rings. The highest BCUT2D eigenvalue weighted by Gasteiger charge is 2.21. The molecule has 0 aromatic heterocycles. The minimum Gasteiger partial charge on any atom is -0.497 e. The van der Waals surface area contributed by atoms with E-state index >= 15 is 0 Å². The summed E-state index contributed by atoms with van der Waals surface area (Å²) in [5.74, 6) is 0.568. The van der Waals surface area contributed by atoms with Gasteiger partial charge in [-0.3, -0.25) is 9.10 Å². The summed E-state index contributed by atoms with van der Waals surface area (Å²) >= 11 is 0. The van der Waals surface area contributed by atoms with Crippen LogP contribution in [0.15, 0.2) is 83.8 Å². The van der Waals surface area contributed by atoms with E-state index in [1.807, 2.05) is 30.3 Å². The number of benzene rings is 3. The summed E-state index contributed by atoms with van der Waals surface area (Å²) in [5.41, 5.74) is 2.09. The number of hydrogen-bond acceptors (Lipinski definition) is 4. The molecule has 31 heavy (non-hydrogen) atoms. The molecule has 7 heteroatoms. The lowest BCUT2D eigenvalue weighted by Gasteiger charge is -2.20. The van der Waals surface area contributed by atoms with Gasteiger partial charge >= 0.3 is 0 Å². The average molecular weight is 439 g/mol. The van der Waals surface area contributed by atoms with Gasteiger partial charge in [0.15, 0.2) is 0 Å². The second-order valence-electron chi connectivity index (χ2n) is 7.22. The fourth-order valence-corrected chi connectivity index (χ4v) is 4.31. The third kappa shape index (κ3) is 5.24. The van der Waals surface area contributed by atoms with Crippen molar-refractivity contribution < 1.29 is 17.9 Å². The molecule has 0 unspecified atom stereocenters. The van der Waals surface area contributed by atoms with Crippen molar-refractivity contribution in [2.45, 2.75) is 17.7 Å². The second-order valence-corrected chi connectivity index (χ2v) is 9.19. The van der Waals surface area contributed by atoms with Crippen LogP contribution in [0.3, 0.4) is 0 Å². The maximum absolute atomic E-state index is 12.9. The number of amides is 1. The molecule has 6 nitrogen and oxygen atoms in total. The number of anilines is 1. The highest BCUT2D eigenvalue weighted by Crippen LogP contribution is 2.24. The summed E-state index contributed by atoms with van der Waals surface area (Å²) in [5, 5.41) is 2.93. The molecular formula is C24H26N2O4S. The maximum Gasteiger partial charge on any atom is 0.264 e. The van der Waals surface area contributed by atoms with Crippen LogP contribution in [0.1, 0.15) is 28.8 Å². The Bertz CT molecular complexity index is 1110. The molecule has 0 saturated carbocycles. The van der Waals surface area contributed by atoms with Crippen molar-refractivity contribution >= 4 is 21.6 Å². The molecule has 0 fully saturated rings. The van der Waals surface area contributed by atoms with Gasteiger partial charge in [0.05, 0.1) is 17.7 Å². The average Bonchev–Trinajstić information content (AvgIpc) is 2.82. The SMILES string of the molecule is COc1ccc(S(=O)(=O)N(C)c2ccc(C(=O)NC[C@H](C)c3ccccc3)cc2)cc1. The van der Waals surface area contributed by atoms with Crippen molar-refractivity contribution in [2.24, 2.45) is 0 Å². The van der Waals surface area contributed by atoms with Gasteiger partial charge in [-0.15, -0.1) is 0 Å². The molecule has 1 atom stereocenters. The second kappa shape index (κ2) is 9.66. The zero-order valence-corrected chi connectivity index (χ0v) is 18.6. The van der Waals surface area contributed by atoms with E-state index in [1.54, 1.807) is 36.4 Å². The van der Waals surface area contributed by atoms with E-state index in [4.69, 9.17) is 4.74 Å². The van der Waals surface area contributed by atoms with Crippen molar-refractivity contribution in [3.05, 3.63) is 90.0 Å². The van der Waals surface area contributed by atoms with Crippen LogP contribution in [0.2, 0.25) is 0 Å². The zero-order valence-electron chi connectivity index (χ0n) is 17.8. The topological polar surface area (TPSA) is 75.7 Å². The lowest BCUT2D eigenvalue weighted by molar-refractivity contribution is 0.0951. The lowest BCUT2D eigenvalue weighted by atomic mass is 10.0. The number of hydrogen-bond donors (Lipinski definition) is 1. The first kappa shape index (κ1) is 22.4. The first-order valence-electron chi connectivity index (χ1n) is 9.89. The number of nitrogens with one attached hydrogen (secondary N) is 1. The van der Waals surface area contributed by atoms with Crippen molar-refractivity contribution in [3.63, 3.8) is 0 Å². The maximum atomic E-state index is 12.9. The molecule has 0 aliphatic carbocycles. The van der Waals surface area contributed by atoms with E-state index in [0.717, 1.165) is 5.56 Å². The molecule has 0 aliphatic heterocycles. The Hall–Kier alpha value is -3.32.